The molecule has 4 aromatic rings. The summed E-state index contributed by atoms with van der Waals surface area (Å²) in [5.41, 5.74) is 2.55. The normalized spacial score (nSPS) is 11.4. The summed E-state index contributed by atoms with van der Waals surface area (Å²) in [6.07, 6.45) is 1.66. The average molecular weight is 444 g/mol. The van der Waals surface area contributed by atoms with Gasteiger partial charge in [-0.25, -0.2) is 14.5 Å². The number of aryl methyl sites for hydroxylation is 1. The highest BCUT2D eigenvalue weighted by Crippen LogP contribution is 2.34. The van der Waals surface area contributed by atoms with Crippen molar-refractivity contribution in [1.82, 2.24) is 24.5 Å². The number of hydrogen-bond donors (Lipinski definition) is 0. The lowest BCUT2D eigenvalue weighted by atomic mass is 10.2. The van der Waals surface area contributed by atoms with E-state index in [1.165, 1.54) is 11.3 Å². The minimum atomic E-state index is 0.0455. The Bertz CT molecular complexity index is 1160. The summed E-state index contributed by atoms with van der Waals surface area (Å²) in [6, 6.07) is 7.85. The Hall–Kier alpha value is -2.32. The number of amides is 1. The van der Waals surface area contributed by atoms with Crippen LogP contribution in [0.15, 0.2) is 35.1 Å². The van der Waals surface area contributed by atoms with Crippen molar-refractivity contribution in [1.29, 1.82) is 0 Å². The highest BCUT2D eigenvalue weighted by molar-refractivity contribution is 9.10. The predicted octanol–water partition coefficient (Wildman–Crippen LogP) is 4.56. The monoisotopic (exact) mass is 443 g/mol. The topological polar surface area (TPSA) is 63.4 Å². The molecule has 0 spiro atoms. The molecule has 8 heteroatoms. The molecule has 0 radical (unpaired) electrons. The lowest BCUT2D eigenvalue weighted by molar-refractivity contribution is 0.0777. The summed E-state index contributed by atoms with van der Waals surface area (Å²) in [4.78, 5) is 25.5. The molecule has 0 saturated carbocycles. The lowest BCUT2D eigenvalue weighted by Crippen LogP contribution is -2.30. The molecule has 4 rings (SSSR count). The van der Waals surface area contributed by atoms with E-state index in [9.17, 15) is 4.79 Å². The third kappa shape index (κ3) is 2.93. The van der Waals surface area contributed by atoms with Crippen LogP contribution in [0.2, 0.25) is 0 Å². The molecule has 0 atom stereocenters. The Morgan fingerprint density at radius 2 is 2.00 bits per heavy atom. The van der Waals surface area contributed by atoms with E-state index in [1.54, 1.807) is 10.8 Å². The molecule has 1 amide bonds. The molecule has 3 aromatic heterocycles. The Morgan fingerprint density at radius 1 is 1.26 bits per heavy atom. The van der Waals surface area contributed by atoms with Crippen LogP contribution in [0.5, 0.6) is 0 Å². The fraction of sp³-hybridized carbons (Fsp3) is 0.263. The van der Waals surface area contributed by atoms with Crippen molar-refractivity contribution >= 4 is 49.0 Å². The number of carbonyl (C=O) groups is 1. The van der Waals surface area contributed by atoms with Crippen LogP contribution in [0.4, 0.5) is 0 Å². The largest absolute Gasteiger partial charge is 0.338 e. The fourth-order valence-corrected chi connectivity index (χ4v) is 4.72. The summed E-state index contributed by atoms with van der Waals surface area (Å²) in [7, 11) is 0. The third-order valence-electron chi connectivity index (χ3n) is 4.63. The average Bonchev–Trinajstić information content (AvgIpc) is 3.24. The maximum absolute atomic E-state index is 12.9. The molecule has 0 N–H and O–H groups in total. The summed E-state index contributed by atoms with van der Waals surface area (Å²) in [6.45, 7) is 7.31. The van der Waals surface area contributed by atoms with Gasteiger partial charge in [0.05, 0.1) is 10.3 Å². The Balaban J connectivity index is 1.91. The third-order valence-corrected chi connectivity index (χ3v) is 6.51. The number of carbonyl (C=O) groups excluding carboxylic acids is 1. The van der Waals surface area contributed by atoms with Crippen LogP contribution >= 0.6 is 27.3 Å². The zero-order valence-corrected chi connectivity index (χ0v) is 17.6. The van der Waals surface area contributed by atoms with E-state index in [0.29, 0.717) is 18.9 Å². The molecule has 0 saturated heterocycles. The van der Waals surface area contributed by atoms with Crippen molar-refractivity contribution in [2.45, 2.75) is 20.8 Å². The first-order valence-corrected chi connectivity index (χ1v) is 10.3. The maximum Gasteiger partial charge on any atom is 0.264 e. The van der Waals surface area contributed by atoms with Crippen LogP contribution in [0.1, 0.15) is 29.1 Å². The Labute approximate surface area is 169 Å². The van der Waals surface area contributed by atoms with Gasteiger partial charge >= 0.3 is 0 Å². The summed E-state index contributed by atoms with van der Waals surface area (Å²) in [5, 5.41) is 5.47. The number of nitrogens with zero attached hydrogens (tertiary/aromatic N) is 5. The SMILES string of the molecule is CCN(CC)C(=O)c1sc2ncn3nc(-c4ccccc4Br)nc3c2c1C. The van der Waals surface area contributed by atoms with Crippen molar-refractivity contribution in [3.63, 3.8) is 0 Å². The predicted molar refractivity (Wildman–Crippen MR) is 111 cm³/mol. The molecule has 6 nitrogen and oxygen atoms in total. The van der Waals surface area contributed by atoms with Gasteiger partial charge in [-0.2, -0.15) is 0 Å². The van der Waals surface area contributed by atoms with Crippen molar-refractivity contribution in [2.24, 2.45) is 0 Å². The van der Waals surface area contributed by atoms with Crippen LogP contribution in [0.25, 0.3) is 27.3 Å². The number of rotatable bonds is 4. The van der Waals surface area contributed by atoms with E-state index < -0.39 is 0 Å². The standard InChI is InChI=1S/C19H18BrN5OS/c1-4-24(5-2)19(26)15-11(3)14-17-22-16(12-8-6-7-9-13(12)20)23-25(17)10-21-18(14)27-15/h6-10H,4-5H2,1-3H3. The van der Waals surface area contributed by atoms with Crippen LogP contribution in [-0.4, -0.2) is 43.5 Å². The van der Waals surface area contributed by atoms with E-state index in [0.717, 1.165) is 36.3 Å². The van der Waals surface area contributed by atoms with Gasteiger partial charge in [0.1, 0.15) is 11.2 Å². The minimum Gasteiger partial charge on any atom is -0.338 e. The van der Waals surface area contributed by atoms with Crippen molar-refractivity contribution in [3.8, 4) is 11.4 Å². The molecule has 138 valence electrons. The van der Waals surface area contributed by atoms with Crippen molar-refractivity contribution in [3.05, 3.63) is 45.5 Å². The summed E-state index contributed by atoms with van der Waals surface area (Å²) < 4.78 is 2.62. The summed E-state index contributed by atoms with van der Waals surface area (Å²) >= 11 is 4.98. The Kier molecular flexibility index (Phi) is 4.69. The molecular weight excluding hydrogens is 426 g/mol. The number of aromatic nitrogens is 4. The number of thiophene rings is 1. The van der Waals surface area contributed by atoms with E-state index in [-0.39, 0.29) is 5.91 Å². The number of fused-ring (bicyclic) bond motifs is 3. The van der Waals surface area contributed by atoms with E-state index >= 15 is 0 Å². The fourth-order valence-electron chi connectivity index (χ4n) is 3.15. The maximum atomic E-state index is 12.9. The van der Waals surface area contributed by atoms with Gasteiger partial charge in [-0.1, -0.05) is 28.1 Å². The lowest BCUT2D eigenvalue weighted by Gasteiger charge is -2.17. The zero-order chi connectivity index (χ0) is 19.1. The van der Waals surface area contributed by atoms with Crippen LogP contribution in [0.3, 0.4) is 0 Å². The van der Waals surface area contributed by atoms with Crippen LogP contribution < -0.4 is 0 Å². The molecule has 0 aliphatic heterocycles. The first kappa shape index (κ1) is 18.1. The number of hydrogen-bond acceptors (Lipinski definition) is 5. The van der Waals surface area contributed by atoms with Crippen LogP contribution in [-0.2, 0) is 0 Å². The molecule has 3 heterocycles. The molecule has 0 aliphatic carbocycles. The second-order valence-corrected chi connectivity index (χ2v) is 8.00. The second kappa shape index (κ2) is 7.01. The first-order chi connectivity index (χ1) is 13.0. The summed E-state index contributed by atoms with van der Waals surface area (Å²) in [5.74, 6) is 0.670. The van der Waals surface area contributed by atoms with Gasteiger partial charge in [0, 0.05) is 23.1 Å². The quantitative estimate of drug-likeness (QED) is 0.463. The van der Waals surface area contributed by atoms with Crippen molar-refractivity contribution < 1.29 is 4.79 Å². The van der Waals surface area contributed by atoms with Gasteiger partial charge in [0.2, 0.25) is 0 Å². The molecule has 0 bridgehead atoms. The first-order valence-electron chi connectivity index (χ1n) is 8.73. The van der Waals surface area contributed by atoms with E-state index in [2.05, 4.69) is 26.0 Å². The Morgan fingerprint density at radius 3 is 2.70 bits per heavy atom. The van der Waals surface area contributed by atoms with Gasteiger partial charge < -0.3 is 4.90 Å². The van der Waals surface area contributed by atoms with E-state index in [1.807, 2.05) is 49.9 Å². The van der Waals surface area contributed by atoms with Crippen LogP contribution in [0, 0.1) is 6.92 Å². The minimum absolute atomic E-state index is 0.0455. The molecule has 27 heavy (non-hydrogen) atoms. The number of benzene rings is 1. The zero-order valence-electron chi connectivity index (χ0n) is 15.2. The van der Waals surface area contributed by atoms with Gasteiger partial charge in [-0.05, 0) is 38.5 Å². The molecule has 0 unspecified atom stereocenters. The van der Waals surface area contributed by atoms with Crippen molar-refractivity contribution in [2.75, 3.05) is 13.1 Å². The number of halogens is 1. The molecule has 1 aromatic carbocycles. The highest BCUT2D eigenvalue weighted by atomic mass is 79.9. The van der Waals surface area contributed by atoms with E-state index in [4.69, 9.17) is 4.98 Å². The van der Waals surface area contributed by atoms with Gasteiger partial charge in [-0.15, -0.1) is 16.4 Å². The van der Waals surface area contributed by atoms with Gasteiger partial charge in [-0.3, -0.25) is 4.79 Å². The van der Waals surface area contributed by atoms with Gasteiger partial charge in [0.25, 0.3) is 5.91 Å². The smallest absolute Gasteiger partial charge is 0.264 e. The molecular formula is C19H18BrN5OS. The molecule has 0 fully saturated rings. The van der Waals surface area contributed by atoms with Gasteiger partial charge in [0.15, 0.2) is 11.5 Å². The highest BCUT2D eigenvalue weighted by Gasteiger charge is 2.23. The second-order valence-electron chi connectivity index (χ2n) is 6.14. The molecule has 0 aliphatic rings.